The van der Waals surface area contributed by atoms with Crippen LogP contribution < -0.4 is 16.6 Å². The molecule has 1 aromatic rings. The Morgan fingerprint density at radius 2 is 2.11 bits per heavy atom. The van der Waals surface area contributed by atoms with Crippen LogP contribution in [0, 0.1) is 5.92 Å². The van der Waals surface area contributed by atoms with Crippen molar-refractivity contribution in [3.05, 3.63) is 23.9 Å². The number of carbonyl (C=O) groups excluding carboxylic acids is 1. The summed E-state index contributed by atoms with van der Waals surface area (Å²) in [6.45, 7) is 6.35. The minimum Gasteiger partial charge on any atom is -0.349 e. The van der Waals surface area contributed by atoms with Crippen LogP contribution in [0.1, 0.15) is 44.0 Å². The maximum atomic E-state index is 12.0. The zero-order chi connectivity index (χ0) is 13.5. The van der Waals surface area contributed by atoms with Gasteiger partial charge in [-0.05, 0) is 37.8 Å². The third-order valence-corrected chi connectivity index (χ3v) is 2.74. The summed E-state index contributed by atoms with van der Waals surface area (Å²) in [7, 11) is 0. The number of hydrogen-bond donors (Lipinski definition) is 3. The Morgan fingerprint density at radius 3 is 2.72 bits per heavy atom. The van der Waals surface area contributed by atoms with Gasteiger partial charge < -0.3 is 10.7 Å². The molecule has 0 spiro atoms. The van der Waals surface area contributed by atoms with Crippen molar-refractivity contribution in [1.29, 1.82) is 0 Å². The van der Waals surface area contributed by atoms with Crippen molar-refractivity contribution in [2.75, 3.05) is 5.43 Å². The van der Waals surface area contributed by atoms with Gasteiger partial charge in [0.2, 0.25) is 0 Å². The van der Waals surface area contributed by atoms with Crippen LogP contribution in [-0.2, 0) is 0 Å². The Labute approximate surface area is 108 Å². The standard InChI is InChI=1S/C13H22N4O/c1-9(2)6-7-10(3)16-13(18)11-5-4-8-15-12(11)17-14/h4-5,8-10H,6-7,14H2,1-3H3,(H,15,17)(H,16,18). The van der Waals surface area contributed by atoms with Gasteiger partial charge in [-0.1, -0.05) is 13.8 Å². The molecule has 1 heterocycles. The fourth-order valence-corrected chi connectivity index (χ4v) is 1.66. The van der Waals surface area contributed by atoms with E-state index in [0.29, 0.717) is 17.3 Å². The molecule has 0 aliphatic heterocycles. The molecule has 100 valence electrons. The van der Waals surface area contributed by atoms with E-state index in [1.807, 2.05) is 6.92 Å². The molecular weight excluding hydrogens is 228 g/mol. The van der Waals surface area contributed by atoms with Gasteiger partial charge in [0, 0.05) is 12.2 Å². The summed E-state index contributed by atoms with van der Waals surface area (Å²) in [5, 5.41) is 2.95. The van der Waals surface area contributed by atoms with Crippen LogP contribution in [0.15, 0.2) is 18.3 Å². The van der Waals surface area contributed by atoms with E-state index in [-0.39, 0.29) is 11.9 Å². The van der Waals surface area contributed by atoms with E-state index in [1.54, 1.807) is 18.3 Å². The fourth-order valence-electron chi connectivity index (χ4n) is 1.66. The number of nitrogens with zero attached hydrogens (tertiary/aromatic N) is 1. The van der Waals surface area contributed by atoms with Crippen molar-refractivity contribution < 1.29 is 4.79 Å². The van der Waals surface area contributed by atoms with Crippen molar-refractivity contribution in [3.8, 4) is 0 Å². The van der Waals surface area contributed by atoms with Crippen LogP contribution in [0.5, 0.6) is 0 Å². The van der Waals surface area contributed by atoms with Gasteiger partial charge in [0.25, 0.3) is 5.91 Å². The Morgan fingerprint density at radius 1 is 1.39 bits per heavy atom. The normalized spacial score (nSPS) is 12.3. The SMILES string of the molecule is CC(C)CCC(C)NC(=O)c1cccnc1NN. The average Bonchev–Trinajstić information content (AvgIpc) is 2.36. The first-order chi connectivity index (χ1) is 8.54. The predicted molar refractivity (Wildman–Crippen MR) is 73.0 cm³/mol. The largest absolute Gasteiger partial charge is 0.349 e. The van der Waals surface area contributed by atoms with Gasteiger partial charge in [-0.3, -0.25) is 4.79 Å². The summed E-state index contributed by atoms with van der Waals surface area (Å²) in [6, 6.07) is 3.56. The summed E-state index contributed by atoms with van der Waals surface area (Å²) in [4.78, 5) is 16.0. The van der Waals surface area contributed by atoms with Crippen LogP contribution in [-0.4, -0.2) is 16.9 Å². The van der Waals surface area contributed by atoms with E-state index in [1.165, 1.54) is 0 Å². The molecule has 1 unspecified atom stereocenters. The molecule has 1 aromatic heterocycles. The van der Waals surface area contributed by atoms with Crippen molar-refractivity contribution in [3.63, 3.8) is 0 Å². The number of nitrogens with one attached hydrogen (secondary N) is 2. The molecule has 5 nitrogen and oxygen atoms in total. The van der Waals surface area contributed by atoms with E-state index in [9.17, 15) is 4.79 Å². The van der Waals surface area contributed by atoms with Gasteiger partial charge >= 0.3 is 0 Å². The monoisotopic (exact) mass is 250 g/mol. The quantitative estimate of drug-likeness (QED) is 0.532. The maximum Gasteiger partial charge on any atom is 0.255 e. The summed E-state index contributed by atoms with van der Waals surface area (Å²) in [5.41, 5.74) is 2.90. The van der Waals surface area contributed by atoms with Crippen molar-refractivity contribution >= 4 is 11.7 Å². The molecule has 18 heavy (non-hydrogen) atoms. The topological polar surface area (TPSA) is 80.0 Å². The average molecular weight is 250 g/mol. The van der Waals surface area contributed by atoms with Crippen LogP contribution >= 0.6 is 0 Å². The van der Waals surface area contributed by atoms with Gasteiger partial charge in [-0.25, -0.2) is 10.8 Å². The van der Waals surface area contributed by atoms with E-state index in [4.69, 9.17) is 5.84 Å². The maximum absolute atomic E-state index is 12.0. The highest BCUT2D eigenvalue weighted by molar-refractivity contribution is 5.98. The smallest absolute Gasteiger partial charge is 0.255 e. The highest BCUT2D eigenvalue weighted by atomic mass is 16.1. The third kappa shape index (κ3) is 4.33. The molecule has 4 N–H and O–H groups in total. The number of carbonyl (C=O) groups is 1. The first-order valence-corrected chi connectivity index (χ1v) is 6.27. The first-order valence-electron chi connectivity index (χ1n) is 6.27. The fraction of sp³-hybridized carbons (Fsp3) is 0.538. The summed E-state index contributed by atoms with van der Waals surface area (Å²) in [6.07, 6.45) is 3.65. The third-order valence-electron chi connectivity index (χ3n) is 2.74. The summed E-state index contributed by atoms with van der Waals surface area (Å²) in [5.74, 6) is 6.22. The molecule has 0 bridgehead atoms. The van der Waals surface area contributed by atoms with Gasteiger partial charge in [0.1, 0.15) is 0 Å². The summed E-state index contributed by atoms with van der Waals surface area (Å²) < 4.78 is 0. The van der Waals surface area contributed by atoms with Crippen molar-refractivity contribution in [2.24, 2.45) is 11.8 Å². The van der Waals surface area contributed by atoms with Crippen molar-refractivity contribution in [1.82, 2.24) is 10.3 Å². The van der Waals surface area contributed by atoms with E-state index < -0.39 is 0 Å². The predicted octanol–water partition coefficient (Wildman–Crippen LogP) is 1.92. The number of nitrogen functional groups attached to an aromatic ring is 1. The Balaban J connectivity index is 2.59. The molecule has 0 fully saturated rings. The molecule has 0 saturated carbocycles. The molecule has 1 atom stereocenters. The summed E-state index contributed by atoms with van der Waals surface area (Å²) >= 11 is 0. The number of pyridine rings is 1. The van der Waals surface area contributed by atoms with Crippen LogP contribution in [0.3, 0.4) is 0 Å². The Kier molecular flexibility index (Phi) is 5.58. The molecule has 1 amide bonds. The second kappa shape index (κ2) is 6.96. The number of rotatable bonds is 6. The minimum absolute atomic E-state index is 0.144. The van der Waals surface area contributed by atoms with Gasteiger partial charge in [-0.2, -0.15) is 0 Å². The van der Waals surface area contributed by atoms with Gasteiger partial charge in [-0.15, -0.1) is 0 Å². The lowest BCUT2D eigenvalue weighted by Gasteiger charge is -2.16. The van der Waals surface area contributed by atoms with Crippen LogP contribution in [0.25, 0.3) is 0 Å². The van der Waals surface area contributed by atoms with Gasteiger partial charge in [0.15, 0.2) is 5.82 Å². The molecule has 1 rings (SSSR count). The van der Waals surface area contributed by atoms with Crippen molar-refractivity contribution in [2.45, 2.75) is 39.7 Å². The van der Waals surface area contributed by atoms with Crippen LogP contribution in [0.2, 0.25) is 0 Å². The second-order valence-electron chi connectivity index (χ2n) is 4.89. The van der Waals surface area contributed by atoms with E-state index in [2.05, 4.69) is 29.6 Å². The van der Waals surface area contributed by atoms with E-state index in [0.717, 1.165) is 12.8 Å². The minimum atomic E-state index is -0.146. The zero-order valence-corrected chi connectivity index (χ0v) is 11.2. The molecule has 0 aromatic carbocycles. The van der Waals surface area contributed by atoms with E-state index >= 15 is 0 Å². The lowest BCUT2D eigenvalue weighted by atomic mass is 10.0. The number of nitrogens with two attached hydrogens (primary N) is 1. The molecule has 0 aliphatic rings. The number of aromatic nitrogens is 1. The lowest BCUT2D eigenvalue weighted by molar-refractivity contribution is 0.0937. The molecule has 0 aliphatic carbocycles. The number of amides is 1. The Hall–Kier alpha value is -1.62. The molecule has 0 saturated heterocycles. The zero-order valence-electron chi connectivity index (χ0n) is 11.2. The van der Waals surface area contributed by atoms with Gasteiger partial charge in [0.05, 0.1) is 5.56 Å². The Bertz CT molecular complexity index is 392. The highest BCUT2D eigenvalue weighted by Crippen LogP contribution is 2.11. The molecular formula is C13H22N4O. The highest BCUT2D eigenvalue weighted by Gasteiger charge is 2.14. The first kappa shape index (κ1) is 14.4. The number of hydrogen-bond acceptors (Lipinski definition) is 4. The second-order valence-corrected chi connectivity index (χ2v) is 4.89. The number of hydrazine groups is 1. The number of anilines is 1. The lowest BCUT2D eigenvalue weighted by Crippen LogP contribution is -2.33. The molecule has 0 radical (unpaired) electrons. The van der Waals surface area contributed by atoms with Crippen LogP contribution in [0.4, 0.5) is 5.82 Å². The molecule has 5 heteroatoms.